The molecule has 1 aromatic heterocycles. The number of para-hydroxylation sites is 1. The van der Waals surface area contributed by atoms with Gasteiger partial charge in [0.25, 0.3) is 0 Å². The smallest absolute Gasteiger partial charge is 0.342 e. The summed E-state index contributed by atoms with van der Waals surface area (Å²) in [6.07, 6.45) is 1.70. The highest BCUT2D eigenvalue weighted by atomic mass is 16.5. The molecule has 5 heteroatoms. The first kappa shape index (κ1) is 20.8. The Morgan fingerprint density at radius 3 is 2.66 bits per heavy atom. The lowest BCUT2D eigenvalue weighted by molar-refractivity contribution is 0.0520. The van der Waals surface area contributed by atoms with Gasteiger partial charge in [0.05, 0.1) is 31.0 Å². The van der Waals surface area contributed by atoms with Crippen molar-refractivity contribution in [1.29, 1.82) is 0 Å². The third kappa shape index (κ3) is 5.78. The fourth-order valence-electron chi connectivity index (χ4n) is 3.08. The Hall–Kier alpha value is -2.92. The number of aromatic nitrogens is 1. The topological polar surface area (TPSA) is 57.7 Å². The Balaban J connectivity index is 1.40. The number of hydrogen-bond donors (Lipinski definition) is 0. The molecule has 0 atom stereocenters. The second kappa shape index (κ2) is 10.6. The molecular formula is C24H27NO4. The Labute approximate surface area is 171 Å². The molecule has 0 bridgehead atoms. The molecule has 0 aliphatic heterocycles. The third-order valence-electron chi connectivity index (χ3n) is 4.56. The molecule has 5 nitrogen and oxygen atoms in total. The summed E-state index contributed by atoms with van der Waals surface area (Å²) in [6.45, 7) is 5.67. The number of benzene rings is 2. The van der Waals surface area contributed by atoms with E-state index in [1.54, 1.807) is 13.0 Å². The zero-order chi connectivity index (χ0) is 20.5. The van der Waals surface area contributed by atoms with Crippen LogP contribution in [0.3, 0.4) is 0 Å². The van der Waals surface area contributed by atoms with Gasteiger partial charge in [-0.25, -0.2) is 4.79 Å². The normalized spacial score (nSPS) is 10.8. The van der Waals surface area contributed by atoms with Crippen molar-refractivity contribution < 1.29 is 19.0 Å². The van der Waals surface area contributed by atoms with E-state index in [2.05, 4.69) is 17.1 Å². The molecule has 0 saturated heterocycles. The van der Waals surface area contributed by atoms with Crippen molar-refractivity contribution >= 4 is 16.9 Å². The molecule has 2 aromatic carbocycles. The lowest BCUT2D eigenvalue weighted by atomic mass is 10.1. The average molecular weight is 393 g/mol. The highest BCUT2D eigenvalue weighted by molar-refractivity contribution is 5.94. The third-order valence-corrected chi connectivity index (χ3v) is 4.56. The van der Waals surface area contributed by atoms with Crippen LogP contribution in [0.25, 0.3) is 10.9 Å². The van der Waals surface area contributed by atoms with Crippen LogP contribution in [0.2, 0.25) is 0 Å². The minimum absolute atomic E-state index is 0.341. The van der Waals surface area contributed by atoms with Crippen molar-refractivity contribution in [2.75, 3.05) is 19.8 Å². The Morgan fingerprint density at radius 1 is 0.966 bits per heavy atom. The van der Waals surface area contributed by atoms with Crippen LogP contribution >= 0.6 is 0 Å². The molecule has 0 spiro atoms. The van der Waals surface area contributed by atoms with Crippen LogP contribution in [0.1, 0.15) is 41.4 Å². The second-order valence-electron chi connectivity index (χ2n) is 6.77. The number of nitrogens with zero attached hydrogens (tertiary/aromatic N) is 1. The fraction of sp³-hybridized carbons (Fsp3) is 0.333. The number of ether oxygens (including phenoxy) is 3. The van der Waals surface area contributed by atoms with E-state index in [1.807, 2.05) is 43.3 Å². The van der Waals surface area contributed by atoms with Crippen molar-refractivity contribution in [2.24, 2.45) is 0 Å². The number of carbonyl (C=O) groups is 1. The van der Waals surface area contributed by atoms with Crippen LogP contribution in [0.4, 0.5) is 0 Å². The lowest BCUT2D eigenvalue weighted by Crippen LogP contribution is -2.10. The highest BCUT2D eigenvalue weighted by Gasteiger charge is 2.16. The van der Waals surface area contributed by atoms with Gasteiger partial charge >= 0.3 is 5.97 Å². The zero-order valence-electron chi connectivity index (χ0n) is 17.0. The Bertz CT molecular complexity index is 955. The molecule has 29 heavy (non-hydrogen) atoms. The first-order chi connectivity index (χ1) is 14.2. The van der Waals surface area contributed by atoms with Gasteiger partial charge in [-0.2, -0.15) is 0 Å². The molecule has 0 fully saturated rings. The van der Waals surface area contributed by atoms with E-state index in [0.29, 0.717) is 37.7 Å². The molecule has 1 heterocycles. The SMILES string of the molecule is CCOC(=O)c1c(C)cccc1OCCCCOCc1ccc2ccccc2n1. The summed E-state index contributed by atoms with van der Waals surface area (Å²) in [4.78, 5) is 16.8. The first-order valence-corrected chi connectivity index (χ1v) is 10.0. The van der Waals surface area contributed by atoms with Crippen LogP contribution in [-0.2, 0) is 16.1 Å². The maximum Gasteiger partial charge on any atom is 0.342 e. The maximum atomic E-state index is 12.1. The number of unbranched alkanes of at least 4 members (excludes halogenated alkanes) is 1. The van der Waals surface area contributed by atoms with Crippen molar-refractivity contribution in [1.82, 2.24) is 4.98 Å². The molecular weight excluding hydrogens is 366 g/mol. The molecule has 3 aromatic rings. The van der Waals surface area contributed by atoms with Gasteiger partial charge in [0.1, 0.15) is 11.3 Å². The molecule has 0 aliphatic carbocycles. The van der Waals surface area contributed by atoms with Gasteiger partial charge in [-0.15, -0.1) is 0 Å². The number of hydrogen-bond acceptors (Lipinski definition) is 5. The monoisotopic (exact) mass is 393 g/mol. The van der Waals surface area contributed by atoms with Gasteiger partial charge in [0.2, 0.25) is 0 Å². The molecule has 0 unspecified atom stereocenters. The van der Waals surface area contributed by atoms with E-state index in [4.69, 9.17) is 14.2 Å². The average Bonchev–Trinajstić information content (AvgIpc) is 2.73. The Kier molecular flexibility index (Phi) is 7.59. The second-order valence-corrected chi connectivity index (χ2v) is 6.77. The number of aryl methyl sites for hydroxylation is 1. The van der Waals surface area contributed by atoms with Crippen molar-refractivity contribution in [2.45, 2.75) is 33.3 Å². The van der Waals surface area contributed by atoms with Gasteiger partial charge in [-0.05, 0) is 50.5 Å². The fourth-order valence-corrected chi connectivity index (χ4v) is 3.08. The number of pyridine rings is 1. The van der Waals surface area contributed by atoms with E-state index in [-0.39, 0.29) is 5.97 Å². The van der Waals surface area contributed by atoms with E-state index >= 15 is 0 Å². The minimum Gasteiger partial charge on any atom is -0.493 e. The van der Waals surface area contributed by atoms with Crippen LogP contribution in [-0.4, -0.2) is 30.8 Å². The summed E-state index contributed by atoms with van der Waals surface area (Å²) < 4.78 is 16.7. The van der Waals surface area contributed by atoms with Crippen LogP contribution in [0, 0.1) is 6.92 Å². The summed E-state index contributed by atoms with van der Waals surface area (Å²) >= 11 is 0. The standard InChI is InChI=1S/C24H27NO4/c1-3-28-24(26)23-18(2)9-8-12-22(23)29-16-7-6-15-27-17-20-14-13-19-10-4-5-11-21(19)25-20/h4-5,8-14H,3,6-7,15-17H2,1-2H3. The van der Waals surface area contributed by atoms with E-state index < -0.39 is 0 Å². The van der Waals surface area contributed by atoms with E-state index in [0.717, 1.165) is 35.0 Å². The molecule has 0 radical (unpaired) electrons. The van der Waals surface area contributed by atoms with Gasteiger partial charge in [0, 0.05) is 12.0 Å². The van der Waals surface area contributed by atoms with Crippen molar-refractivity contribution in [3.63, 3.8) is 0 Å². The lowest BCUT2D eigenvalue weighted by Gasteiger charge is -2.13. The largest absolute Gasteiger partial charge is 0.493 e. The molecule has 0 saturated carbocycles. The minimum atomic E-state index is -0.341. The summed E-state index contributed by atoms with van der Waals surface area (Å²) in [7, 11) is 0. The van der Waals surface area contributed by atoms with Crippen molar-refractivity contribution in [3.8, 4) is 5.75 Å². The van der Waals surface area contributed by atoms with E-state index in [1.165, 1.54) is 0 Å². The first-order valence-electron chi connectivity index (χ1n) is 10.0. The predicted octanol–water partition coefficient (Wildman–Crippen LogP) is 5.10. The quantitative estimate of drug-likeness (QED) is 0.354. The zero-order valence-corrected chi connectivity index (χ0v) is 17.0. The van der Waals surface area contributed by atoms with Gasteiger partial charge in [-0.3, -0.25) is 4.98 Å². The number of fused-ring (bicyclic) bond motifs is 1. The summed E-state index contributed by atoms with van der Waals surface area (Å²) in [6, 6.07) is 17.7. The van der Waals surface area contributed by atoms with Gasteiger partial charge < -0.3 is 14.2 Å². The van der Waals surface area contributed by atoms with Gasteiger partial charge in [-0.1, -0.05) is 36.4 Å². The number of esters is 1. The van der Waals surface area contributed by atoms with Crippen molar-refractivity contribution in [3.05, 3.63) is 71.4 Å². The molecule has 152 valence electrons. The van der Waals surface area contributed by atoms with E-state index in [9.17, 15) is 4.79 Å². The number of carbonyl (C=O) groups excluding carboxylic acids is 1. The summed E-state index contributed by atoms with van der Waals surface area (Å²) in [5.74, 6) is 0.233. The predicted molar refractivity (Wildman–Crippen MR) is 113 cm³/mol. The molecule has 0 N–H and O–H groups in total. The van der Waals surface area contributed by atoms with Crippen LogP contribution in [0.15, 0.2) is 54.6 Å². The van der Waals surface area contributed by atoms with Crippen LogP contribution < -0.4 is 4.74 Å². The summed E-state index contributed by atoms with van der Waals surface area (Å²) in [5, 5.41) is 1.13. The highest BCUT2D eigenvalue weighted by Crippen LogP contribution is 2.23. The maximum absolute atomic E-state index is 12.1. The number of rotatable bonds is 10. The molecule has 3 rings (SSSR count). The molecule has 0 aliphatic rings. The summed E-state index contributed by atoms with van der Waals surface area (Å²) in [5.41, 5.74) is 3.27. The van der Waals surface area contributed by atoms with Crippen LogP contribution in [0.5, 0.6) is 5.75 Å². The van der Waals surface area contributed by atoms with Gasteiger partial charge in [0.15, 0.2) is 0 Å². The Morgan fingerprint density at radius 2 is 1.79 bits per heavy atom. The molecule has 0 amide bonds.